The lowest BCUT2D eigenvalue weighted by molar-refractivity contribution is -0.0329. The van der Waals surface area contributed by atoms with Crippen LogP contribution >= 0.6 is 0 Å². The van der Waals surface area contributed by atoms with Gasteiger partial charge in [0.2, 0.25) is 0 Å². The standard InChI is InChI=1S/C15H25NO4S/c1-15(2,3)20-9-8-19-10-11-21(17,18)14-6-4-13(12-16)5-7-14/h4-7H,8-12,16H2,1-3H3. The van der Waals surface area contributed by atoms with Crippen LogP contribution in [0.5, 0.6) is 0 Å². The highest BCUT2D eigenvalue weighted by atomic mass is 32.2. The van der Waals surface area contributed by atoms with Gasteiger partial charge in [0.1, 0.15) is 0 Å². The zero-order chi connectivity index (χ0) is 15.9. The van der Waals surface area contributed by atoms with Crippen molar-refractivity contribution in [3.8, 4) is 0 Å². The maximum atomic E-state index is 12.1. The molecule has 0 radical (unpaired) electrons. The van der Waals surface area contributed by atoms with E-state index < -0.39 is 9.84 Å². The molecule has 0 spiro atoms. The Morgan fingerprint density at radius 2 is 1.67 bits per heavy atom. The van der Waals surface area contributed by atoms with Crippen LogP contribution in [0.2, 0.25) is 0 Å². The molecule has 0 aliphatic heterocycles. The molecule has 0 aromatic heterocycles. The van der Waals surface area contributed by atoms with E-state index in [0.29, 0.717) is 24.7 Å². The number of rotatable bonds is 8. The highest BCUT2D eigenvalue weighted by Crippen LogP contribution is 2.12. The number of hydrogen-bond donors (Lipinski definition) is 1. The Hall–Kier alpha value is -0.950. The summed E-state index contributed by atoms with van der Waals surface area (Å²) < 4.78 is 35.0. The minimum absolute atomic E-state index is 0.0372. The lowest BCUT2D eigenvalue weighted by atomic mass is 10.2. The Kier molecular flexibility index (Phi) is 6.80. The van der Waals surface area contributed by atoms with Gasteiger partial charge in [0.05, 0.1) is 36.1 Å². The molecular formula is C15H25NO4S. The zero-order valence-electron chi connectivity index (χ0n) is 13.0. The number of benzene rings is 1. The summed E-state index contributed by atoms with van der Waals surface area (Å²) in [6.45, 7) is 7.28. The first kappa shape index (κ1) is 18.1. The maximum Gasteiger partial charge on any atom is 0.180 e. The van der Waals surface area contributed by atoms with Crippen LogP contribution in [0.25, 0.3) is 0 Å². The van der Waals surface area contributed by atoms with Gasteiger partial charge in [-0.1, -0.05) is 12.1 Å². The molecule has 0 atom stereocenters. The Morgan fingerprint density at radius 1 is 1.05 bits per heavy atom. The fraction of sp³-hybridized carbons (Fsp3) is 0.600. The molecular weight excluding hydrogens is 290 g/mol. The number of ether oxygens (including phenoxy) is 2. The summed E-state index contributed by atoms with van der Waals surface area (Å²) >= 11 is 0. The second-order valence-corrected chi connectivity index (χ2v) is 7.85. The van der Waals surface area contributed by atoms with E-state index in [0.717, 1.165) is 5.56 Å². The summed E-state index contributed by atoms with van der Waals surface area (Å²) in [6, 6.07) is 6.62. The van der Waals surface area contributed by atoms with E-state index >= 15 is 0 Å². The van der Waals surface area contributed by atoms with Crippen molar-refractivity contribution in [3.05, 3.63) is 29.8 Å². The minimum atomic E-state index is -3.31. The van der Waals surface area contributed by atoms with Gasteiger partial charge in [0.25, 0.3) is 0 Å². The Morgan fingerprint density at radius 3 is 2.19 bits per heavy atom. The van der Waals surface area contributed by atoms with Crippen LogP contribution in [-0.2, 0) is 25.9 Å². The predicted molar refractivity (Wildman–Crippen MR) is 82.9 cm³/mol. The normalized spacial score (nSPS) is 12.6. The van der Waals surface area contributed by atoms with Crippen LogP contribution in [0.15, 0.2) is 29.2 Å². The first-order valence-electron chi connectivity index (χ1n) is 6.98. The van der Waals surface area contributed by atoms with Crippen molar-refractivity contribution in [2.75, 3.05) is 25.6 Å². The monoisotopic (exact) mass is 315 g/mol. The molecule has 0 bridgehead atoms. The van der Waals surface area contributed by atoms with Gasteiger partial charge in [-0.05, 0) is 38.5 Å². The third-order valence-electron chi connectivity index (χ3n) is 2.78. The van der Waals surface area contributed by atoms with Gasteiger partial charge in [-0.2, -0.15) is 0 Å². The van der Waals surface area contributed by atoms with E-state index in [4.69, 9.17) is 15.2 Å². The van der Waals surface area contributed by atoms with Gasteiger partial charge >= 0.3 is 0 Å². The molecule has 1 aromatic rings. The van der Waals surface area contributed by atoms with Crippen LogP contribution in [0.4, 0.5) is 0 Å². The summed E-state index contributed by atoms with van der Waals surface area (Å²) in [5.41, 5.74) is 6.18. The number of nitrogens with two attached hydrogens (primary N) is 1. The maximum absolute atomic E-state index is 12.1. The molecule has 0 aliphatic rings. The van der Waals surface area contributed by atoms with Gasteiger partial charge < -0.3 is 15.2 Å². The van der Waals surface area contributed by atoms with E-state index in [1.165, 1.54) is 0 Å². The molecule has 1 aromatic carbocycles. The summed E-state index contributed by atoms with van der Waals surface area (Å²) in [7, 11) is -3.31. The lowest BCUT2D eigenvalue weighted by Gasteiger charge is -2.19. The molecule has 1 rings (SSSR count). The van der Waals surface area contributed by atoms with Gasteiger partial charge in [0.15, 0.2) is 9.84 Å². The highest BCUT2D eigenvalue weighted by Gasteiger charge is 2.14. The van der Waals surface area contributed by atoms with Crippen molar-refractivity contribution in [1.29, 1.82) is 0 Å². The van der Waals surface area contributed by atoms with Crippen LogP contribution < -0.4 is 5.73 Å². The van der Waals surface area contributed by atoms with Crippen molar-refractivity contribution >= 4 is 9.84 Å². The topological polar surface area (TPSA) is 78.6 Å². The van der Waals surface area contributed by atoms with Crippen molar-refractivity contribution in [2.45, 2.75) is 37.8 Å². The smallest absolute Gasteiger partial charge is 0.180 e. The van der Waals surface area contributed by atoms with Gasteiger partial charge in [-0.25, -0.2) is 8.42 Å². The average Bonchev–Trinajstić information content (AvgIpc) is 2.41. The predicted octanol–water partition coefficient (Wildman–Crippen LogP) is 1.75. The van der Waals surface area contributed by atoms with Crippen molar-refractivity contribution in [2.24, 2.45) is 5.73 Å². The summed E-state index contributed by atoms with van der Waals surface area (Å²) in [5.74, 6) is -0.0372. The van der Waals surface area contributed by atoms with Crippen molar-refractivity contribution < 1.29 is 17.9 Å². The van der Waals surface area contributed by atoms with Crippen LogP contribution in [0.1, 0.15) is 26.3 Å². The van der Waals surface area contributed by atoms with Gasteiger partial charge in [-0.15, -0.1) is 0 Å². The first-order valence-corrected chi connectivity index (χ1v) is 8.63. The van der Waals surface area contributed by atoms with E-state index in [2.05, 4.69) is 0 Å². The van der Waals surface area contributed by atoms with Crippen LogP contribution in [0.3, 0.4) is 0 Å². The third kappa shape index (κ3) is 7.04. The van der Waals surface area contributed by atoms with E-state index in [-0.39, 0.29) is 18.0 Å². The Bertz CT molecular complexity index is 518. The molecule has 120 valence electrons. The van der Waals surface area contributed by atoms with Gasteiger partial charge in [0, 0.05) is 6.54 Å². The van der Waals surface area contributed by atoms with E-state index in [9.17, 15) is 8.42 Å². The number of sulfone groups is 1. The van der Waals surface area contributed by atoms with Crippen molar-refractivity contribution in [1.82, 2.24) is 0 Å². The SMILES string of the molecule is CC(C)(C)OCCOCCS(=O)(=O)c1ccc(CN)cc1. The summed E-state index contributed by atoms with van der Waals surface area (Å²) in [5, 5.41) is 0. The number of hydrogen-bond acceptors (Lipinski definition) is 5. The first-order chi connectivity index (χ1) is 9.74. The molecule has 0 saturated heterocycles. The molecule has 2 N–H and O–H groups in total. The minimum Gasteiger partial charge on any atom is -0.378 e. The molecule has 21 heavy (non-hydrogen) atoms. The van der Waals surface area contributed by atoms with E-state index in [1.807, 2.05) is 20.8 Å². The largest absolute Gasteiger partial charge is 0.378 e. The zero-order valence-corrected chi connectivity index (χ0v) is 13.8. The van der Waals surface area contributed by atoms with Crippen LogP contribution in [0, 0.1) is 0 Å². The second-order valence-electron chi connectivity index (χ2n) is 5.74. The molecule has 0 fully saturated rings. The Balaban J connectivity index is 2.36. The molecule has 5 nitrogen and oxygen atoms in total. The van der Waals surface area contributed by atoms with Gasteiger partial charge in [-0.3, -0.25) is 0 Å². The summed E-state index contributed by atoms with van der Waals surface area (Å²) in [4.78, 5) is 0.300. The fourth-order valence-electron chi connectivity index (χ4n) is 1.63. The molecule has 0 aliphatic carbocycles. The van der Waals surface area contributed by atoms with Crippen molar-refractivity contribution in [3.63, 3.8) is 0 Å². The molecule has 0 saturated carbocycles. The average molecular weight is 315 g/mol. The summed E-state index contributed by atoms with van der Waals surface area (Å²) in [6.07, 6.45) is 0. The second kappa shape index (κ2) is 7.89. The van der Waals surface area contributed by atoms with E-state index in [1.54, 1.807) is 24.3 Å². The highest BCUT2D eigenvalue weighted by molar-refractivity contribution is 7.91. The quantitative estimate of drug-likeness (QED) is 0.739. The Labute approximate surface area is 127 Å². The molecule has 0 amide bonds. The fourth-order valence-corrected chi connectivity index (χ4v) is 2.75. The third-order valence-corrected chi connectivity index (χ3v) is 4.47. The molecule has 0 unspecified atom stereocenters. The lowest BCUT2D eigenvalue weighted by Crippen LogP contribution is -2.22. The van der Waals surface area contributed by atoms with Crippen LogP contribution in [-0.4, -0.2) is 39.6 Å². The molecule has 6 heteroatoms. The molecule has 0 heterocycles.